The number of methoxy groups -OCH3 is 1. The van der Waals surface area contributed by atoms with Crippen LogP contribution in [0.25, 0.3) is 0 Å². The summed E-state index contributed by atoms with van der Waals surface area (Å²) in [7, 11) is 1.63. The van der Waals surface area contributed by atoms with Crippen molar-refractivity contribution in [1.82, 2.24) is 0 Å². The second-order valence-corrected chi connectivity index (χ2v) is 7.03. The molecule has 0 atom stereocenters. The van der Waals surface area contributed by atoms with Crippen LogP contribution < -0.4 is 10.2 Å². The minimum Gasteiger partial charge on any atom is -0.497 e. The number of benzene rings is 2. The average molecular weight is 384 g/mol. The first kappa shape index (κ1) is 19.3. The number of ether oxygens (including phenoxy) is 1. The van der Waals surface area contributed by atoms with Gasteiger partial charge in [-0.25, -0.2) is 0 Å². The quantitative estimate of drug-likeness (QED) is 0.609. The van der Waals surface area contributed by atoms with Gasteiger partial charge in [0.05, 0.1) is 23.0 Å². The van der Waals surface area contributed by atoms with Gasteiger partial charge in [0.25, 0.3) is 5.69 Å². The Balaban J connectivity index is 1.92. The van der Waals surface area contributed by atoms with Crippen molar-refractivity contribution in [1.29, 1.82) is 0 Å². The van der Waals surface area contributed by atoms with Gasteiger partial charge in [0.2, 0.25) is 0 Å². The summed E-state index contributed by atoms with van der Waals surface area (Å²) in [5.41, 5.74) is 4.90. The summed E-state index contributed by atoms with van der Waals surface area (Å²) >= 11 is 0. The number of nitro groups is 2. The zero-order chi connectivity index (χ0) is 20.5. The zero-order valence-corrected chi connectivity index (χ0v) is 15.8. The molecule has 0 bridgehead atoms. The van der Waals surface area contributed by atoms with Crippen molar-refractivity contribution in [2.75, 3.05) is 12.5 Å². The molecule has 0 aromatic heterocycles. The van der Waals surface area contributed by atoms with E-state index >= 15 is 0 Å². The van der Waals surface area contributed by atoms with E-state index in [1.807, 2.05) is 32.0 Å². The lowest BCUT2D eigenvalue weighted by atomic mass is 9.71. The molecule has 1 aliphatic rings. The minimum absolute atomic E-state index is 0.111. The normalized spacial score (nSPS) is 16.3. The van der Waals surface area contributed by atoms with Crippen LogP contribution in [0, 0.1) is 20.2 Å². The molecule has 0 fully saturated rings. The Bertz CT molecular complexity index is 984. The molecule has 2 aromatic rings. The molecule has 0 spiro atoms. The van der Waals surface area contributed by atoms with E-state index in [1.54, 1.807) is 7.11 Å². The predicted molar refractivity (Wildman–Crippen MR) is 105 cm³/mol. The Morgan fingerprint density at radius 3 is 2.46 bits per heavy atom. The largest absolute Gasteiger partial charge is 0.497 e. The Morgan fingerprint density at radius 2 is 1.82 bits per heavy atom. The van der Waals surface area contributed by atoms with Crippen LogP contribution >= 0.6 is 0 Å². The lowest BCUT2D eigenvalue weighted by molar-refractivity contribution is -0.393. The summed E-state index contributed by atoms with van der Waals surface area (Å²) in [5, 5.41) is 26.6. The van der Waals surface area contributed by atoms with E-state index in [4.69, 9.17) is 4.74 Å². The highest BCUT2D eigenvalue weighted by atomic mass is 16.6. The molecule has 0 unspecified atom stereocenters. The van der Waals surface area contributed by atoms with Crippen molar-refractivity contribution in [2.24, 2.45) is 5.10 Å². The van der Waals surface area contributed by atoms with E-state index < -0.39 is 15.5 Å². The number of nitrogens with one attached hydrogen (secondary N) is 1. The number of hydrogen-bond acceptors (Lipinski definition) is 7. The Kier molecular flexibility index (Phi) is 5.00. The minimum atomic E-state index is -0.669. The molecule has 3 rings (SSSR count). The van der Waals surface area contributed by atoms with Gasteiger partial charge in [0.15, 0.2) is 0 Å². The van der Waals surface area contributed by atoms with Crippen LogP contribution in [-0.2, 0) is 11.8 Å². The third-order valence-electron chi connectivity index (χ3n) is 5.04. The Hall–Kier alpha value is -3.49. The fraction of sp³-hybridized carbons (Fsp3) is 0.316. The molecule has 0 saturated carbocycles. The number of aryl methyl sites for hydroxylation is 1. The number of nitro benzene ring substituents is 2. The summed E-state index contributed by atoms with van der Waals surface area (Å²) in [5.74, 6) is 0.801. The lowest BCUT2D eigenvalue weighted by Gasteiger charge is -2.34. The number of non-ortho nitro benzene ring substituents is 1. The standard InChI is InChI=1S/C19H20N4O5/c1-19(2)15-7-6-14(28-3)10-12(15)4-9-18(19)21-20-16-8-5-13(22(24)25)11-17(16)23(26)27/h5-8,10-11,20H,4,9H2,1-3H3/b21-18-. The van der Waals surface area contributed by atoms with Crippen LogP contribution in [0.3, 0.4) is 0 Å². The van der Waals surface area contributed by atoms with Crippen LogP contribution in [0.1, 0.15) is 31.4 Å². The molecule has 0 amide bonds. The van der Waals surface area contributed by atoms with Crippen LogP contribution in [-0.4, -0.2) is 22.7 Å². The second-order valence-electron chi connectivity index (χ2n) is 7.03. The molecule has 0 radical (unpaired) electrons. The van der Waals surface area contributed by atoms with E-state index in [0.717, 1.165) is 29.5 Å². The summed E-state index contributed by atoms with van der Waals surface area (Å²) in [6.45, 7) is 4.09. The highest BCUT2D eigenvalue weighted by molar-refractivity contribution is 5.96. The van der Waals surface area contributed by atoms with Crippen LogP contribution in [0.2, 0.25) is 0 Å². The molecule has 28 heavy (non-hydrogen) atoms. The van der Waals surface area contributed by atoms with E-state index in [2.05, 4.69) is 10.5 Å². The monoisotopic (exact) mass is 384 g/mol. The maximum atomic E-state index is 11.3. The second kappa shape index (κ2) is 7.26. The van der Waals surface area contributed by atoms with Gasteiger partial charge >= 0.3 is 5.69 Å². The maximum absolute atomic E-state index is 11.3. The van der Waals surface area contributed by atoms with Crippen molar-refractivity contribution < 1.29 is 14.6 Å². The number of hydrogen-bond donors (Lipinski definition) is 1. The van der Waals surface area contributed by atoms with Gasteiger partial charge in [-0.1, -0.05) is 19.9 Å². The van der Waals surface area contributed by atoms with Gasteiger partial charge in [0.1, 0.15) is 11.4 Å². The maximum Gasteiger partial charge on any atom is 0.301 e. The van der Waals surface area contributed by atoms with E-state index in [9.17, 15) is 20.2 Å². The van der Waals surface area contributed by atoms with Crippen LogP contribution in [0.5, 0.6) is 5.75 Å². The van der Waals surface area contributed by atoms with Crippen LogP contribution in [0.4, 0.5) is 17.1 Å². The molecular formula is C19H20N4O5. The molecule has 1 N–H and O–H groups in total. The SMILES string of the molecule is COc1ccc2c(c1)CC/C(=N/Nc1ccc([N+](=O)[O-])cc1[N+](=O)[O-])C2(C)C. The van der Waals surface area contributed by atoms with Gasteiger partial charge in [0, 0.05) is 17.2 Å². The Labute approximate surface area is 161 Å². The van der Waals surface area contributed by atoms with E-state index in [1.165, 1.54) is 17.7 Å². The number of rotatable bonds is 5. The third-order valence-corrected chi connectivity index (χ3v) is 5.04. The van der Waals surface area contributed by atoms with Crippen molar-refractivity contribution in [3.05, 3.63) is 67.8 Å². The first-order valence-corrected chi connectivity index (χ1v) is 8.67. The lowest BCUT2D eigenvalue weighted by Crippen LogP contribution is -2.35. The molecular weight excluding hydrogens is 364 g/mol. The first-order valence-electron chi connectivity index (χ1n) is 8.67. The number of hydrazone groups is 1. The molecule has 2 aromatic carbocycles. The molecule has 1 aliphatic carbocycles. The summed E-state index contributed by atoms with van der Waals surface area (Å²) in [4.78, 5) is 20.8. The van der Waals surface area contributed by atoms with Gasteiger partial charge in [-0.15, -0.1) is 0 Å². The topological polar surface area (TPSA) is 120 Å². The fourth-order valence-electron chi connectivity index (χ4n) is 3.44. The molecule has 9 heteroatoms. The number of nitrogens with zero attached hydrogens (tertiary/aromatic N) is 3. The third kappa shape index (κ3) is 3.51. The van der Waals surface area contributed by atoms with Gasteiger partial charge < -0.3 is 4.74 Å². The van der Waals surface area contributed by atoms with Crippen molar-refractivity contribution in [3.8, 4) is 5.75 Å². The zero-order valence-electron chi connectivity index (χ0n) is 15.8. The number of anilines is 1. The molecule has 0 saturated heterocycles. The smallest absolute Gasteiger partial charge is 0.301 e. The number of fused-ring (bicyclic) bond motifs is 1. The summed E-state index contributed by atoms with van der Waals surface area (Å²) in [6, 6.07) is 9.37. The van der Waals surface area contributed by atoms with Crippen molar-refractivity contribution in [3.63, 3.8) is 0 Å². The summed E-state index contributed by atoms with van der Waals surface area (Å²) in [6.07, 6.45) is 1.46. The van der Waals surface area contributed by atoms with Gasteiger partial charge in [-0.2, -0.15) is 5.10 Å². The van der Waals surface area contributed by atoms with Crippen molar-refractivity contribution >= 4 is 22.8 Å². The molecule has 0 aliphatic heterocycles. The van der Waals surface area contributed by atoms with Crippen LogP contribution in [0.15, 0.2) is 41.5 Å². The van der Waals surface area contributed by atoms with Gasteiger partial charge in [-0.3, -0.25) is 25.7 Å². The first-order chi connectivity index (χ1) is 13.2. The predicted octanol–water partition coefficient (Wildman–Crippen LogP) is 4.20. The van der Waals surface area contributed by atoms with Gasteiger partial charge in [-0.05, 0) is 42.2 Å². The summed E-state index contributed by atoms with van der Waals surface area (Å²) < 4.78 is 5.29. The molecule has 146 valence electrons. The Morgan fingerprint density at radius 1 is 1.07 bits per heavy atom. The highest BCUT2D eigenvalue weighted by Gasteiger charge is 2.34. The molecule has 9 nitrogen and oxygen atoms in total. The molecule has 0 heterocycles. The average Bonchev–Trinajstić information content (AvgIpc) is 2.66. The van der Waals surface area contributed by atoms with E-state index in [-0.39, 0.29) is 16.8 Å². The van der Waals surface area contributed by atoms with Crippen molar-refractivity contribution in [2.45, 2.75) is 32.1 Å². The fourth-order valence-corrected chi connectivity index (χ4v) is 3.44. The van der Waals surface area contributed by atoms with E-state index in [0.29, 0.717) is 6.42 Å². The highest BCUT2D eigenvalue weighted by Crippen LogP contribution is 2.37.